The predicted octanol–water partition coefficient (Wildman–Crippen LogP) is 1.91. The molecular formula is C16H15N7O3. The Morgan fingerprint density at radius 2 is 2.15 bits per heavy atom. The number of hydrogen-bond donors (Lipinski definition) is 2. The highest BCUT2D eigenvalue weighted by Crippen LogP contribution is 2.18. The third-order valence-corrected chi connectivity index (χ3v) is 3.34. The summed E-state index contributed by atoms with van der Waals surface area (Å²) in [5.41, 5.74) is 2.15. The van der Waals surface area contributed by atoms with Crippen molar-refractivity contribution in [2.24, 2.45) is 12.2 Å². The summed E-state index contributed by atoms with van der Waals surface area (Å²) in [6, 6.07) is 12.4. The fourth-order valence-electron chi connectivity index (χ4n) is 2.21. The van der Waals surface area contributed by atoms with Gasteiger partial charge in [-0.05, 0) is 22.6 Å². The molecule has 2 N–H and O–H groups in total. The van der Waals surface area contributed by atoms with Crippen LogP contribution in [0.25, 0.3) is 11.4 Å². The van der Waals surface area contributed by atoms with Crippen molar-refractivity contribution < 1.29 is 14.7 Å². The zero-order chi connectivity index (χ0) is 18.4. The summed E-state index contributed by atoms with van der Waals surface area (Å²) in [7, 11) is 1.75. The molecule has 10 nitrogen and oxygen atoms in total. The molecule has 0 spiro atoms. The minimum absolute atomic E-state index is 0.0965. The smallest absolute Gasteiger partial charge is 0.410 e. The van der Waals surface area contributed by atoms with Crippen LogP contribution in [-0.2, 0) is 18.5 Å². The van der Waals surface area contributed by atoms with Crippen molar-refractivity contribution in [3.63, 3.8) is 0 Å². The second-order valence-corrected chi connectivity index (χ2v) is 5.17. The Balaban J connectivity index is 1.67. The van der Waals surface area contributed by atoms with Crippen molar-refractivity contribution in [2.75, 3.05) is 5.32 Å². The van der Waals surface area contributed by atoms with Gasteiger partial charge in [-0.1, -0.05) is 35.5 Å². The number of anilines is 1. The number of nitrogens with one attached hydrogen (secondary N) is 1. The van der Waals surface area contributed by atoms with Gasteiger partial charge < -0.3 is 9.94 Å². The van der Waals surface area contributed by atoms with Gasteiger partial charge in [0.15, 0.2) is 12.4 Å². The van der Waals surface area contributed by atoms with Crippen LogP contribution in [0.2, 0.25) is 0 Å². The van der Waals surface area contributed by atoms with Crippen molar-refractivity contribution in [1.29, 1.82) is 0 Å². The van der Waals surface area contributed by atoms with E-state index in [0.717, 1.165) is 11.1 Å². The standard InChI is InChI=1S/C16H15N7O3/c1-23-15(20-21-22-23)13-7-3-2-5-11(13)9-17-26-10-12-6-4-8-14(18-12)19-16(24)25/h2-9H,10H2,1H3,(H,18,19)(H,24,25)/b17-9-. The minimum Gasteiger partial charge on any atom is -0.465 e. The van der Waals surface area contributed by atoms with Crippen LogP contribution in [0.1, 0.15) is 11.3 Å². The molecule has 0 atom stereocenters. The van der Waals surface area contributed by atoms with Crippen molar-refractivity contribution >= 4 is 18.1 Å². The van der Waals surface area contributed by atoms with E-state index in [4.69, 9.17) is 9.94 Å². The number of rotatable bonds is 6. The van der Waals surface area contributed by atoms with E-state index in [0.29, 0.717) is 11.5 Å². The number of oxime groups is 1. The first-order valence-corrected chi connectivity index (χ1v) is 7.56. The molecule has 3 rings (SSSR count). The minimum atomic E-state index is -1.18. The Morgan fingerprint density at radius 1 is 1.31 bits per heavy atom. The molecule has 0 aliphatic heterocycles. The van der Waals surface area contributed by atoms with E-state index in [2.05, 4.69) is 31.0 Å². The van der Waals surface area contributed by atoms with E-state index in [1.807, 2.05) is 24.3 Å². The zero-order valence-corrected chi connectivity index (χ0v) is 13.8. The van der Waals surface area contributed by atoms with Crippen molar-refractivity contribution in [1.82, 2.24) is 25.2 Å². The number of aromatic nitrogens is 5. The Labute approximate surface area is 148 Å². The summed E-state index contributed by atoms with van der Waals surface area (Å²) in [4.78, 5) is 20.0. The fourth-order valence-corrected chi connectivity index (χ4v) is 2.21. The number of hydrogen-bond acceptors (Lipinski definition) is 7. The summed E-state index contributed by atoms with van der Waals surface area (Å²) >= 11 is 0. The number of benzene rings is 1. The molecule has 0 unspecified atom stereocenters. The second kappa shape index (κ2) is 7.83. The number of carbonyl (C=O) groups is 1. The maximum atomic E-state index is 10.6. The third-order valence-electron chi connectivity index (χ3n) is 3.34. The molecule has 2 aromatic heterocycles. The summed E-state index contributed by atoms with van der Waals surface area (Å²) in [5, 5.41) is 26.3. The van der Waals surface area contributed by atoms with E-state index < -0.39 is 6.09 Å². The molecule has 0 fully saturated rings. The highest BCUT2D eigenvalue weighted by atomic mass is 16.6. The Kier molecular flexibility index (Phi) is 5.13. The van der Waals surface area contributed by atoms with Crippen LogP contribution < -0.4 is 5.32 Å². The number of carboxylic acid groups (broad SMARTS) is 1. The van der Waals surface area contributed by atoms with Gasteiger partial charge in [0.25, 0.3) is 0 Å². The topological polar surface area (TPSA) is 127 Å². The molecule has 1 aromatic carbocycles. The van der Waals surface area contributed by atoms with Gasteiger partial charge in [0.2, 0.25) is 0 Å². The molecule has 0 radical (unpaired) electrons. The van der Waals surface area contributed by atoms with E-state index in [-0.39, 0.29) is 12.4 Å². The second-order valence-electron chi connectivity index (χ2n) is 5.17. The van der Waals surface area contributed by atoms with Gasteiger partial charge in [-0.15, -0.1) is 5.10 Å². The zero-order valence-electron chi connectivity index (χ0n) is 13.8. The fraction of sp³-hybridized carbons (Fsp3) is 0.125. The summed E-state index contributed by atoms with van der Waals surface area (Å²) < 4.78 is 1.57. The van der Waals surface area contributed by atoms with Crippen molar-refractivity contribution in [3.8, 4) is 11.4 Å². The van der Waals surface area contributed by atoms with Crippen molar-refractivity contribution in [2.45, 2.75) is 6.61 Å². The first-order valence-electron chi connectivity index (χ1n) is 7.56. The Morgan fingerprint density at radius 3 is 2.92 bits per heavy atom. The SMILES string of the molecule is Cn1nnnc1-c1ccccc1/C=N\OCc1cccc(NC(=O)O)n1. The molecule has 26 heavy (non-hydrogen) atoms. The van der Waals surface area contributed by atoms with Gasteiger partial charge >= 0.3 is 6.09 Å². The van der Waals surface area contributed by atoms with Crippen LogP contribution in [0, 0.1) is 0 Å². The molecule has 132 valence electrons. The molecule has 10 heteroatoms. The molecule has 0 saturated carbocycles. The lowest BCUT2D eigenvalue weighted by molar-refractivity contribution is 0.129. The molecule has 0 saturated heterocycles. The monoisotopic (exact) mass is 353 g/mol. The molecule has 2 heterocycles. The van der Waals surface area contributed by atoms with Gasteiger partial charge in [0.05, 0.1) is 11.9 Å². The number of pyridine rings is 1. The maximum absolute atomic E-state index is 10.6. The van der Waals surface area contributed by atoms with Crippen molar-refractivity contribution in [3.05, 3.63) is 53.7 Å². The Bertz CT molecular complexity index is 939. The summed E-state index contributed by atoms with van der Waals surface area (Å²) in [6.07, 6.45) is 0.382. The quantitative estimate of drug-likeness (QED) is 0.512. The average molecular weight is 353 g/mol. The molecular weight excluding hydrogens is 338 g/mol. The van der Waals surface area contributed by atoms with E-state index in [1.54, 1.807) is 36.1 Å². The van der Waals surface area contributed by atoms with Crippen LogP contribution in [0.3, 0.4) is 0 Å². The summed E-state index contributed by atoms with van der Waals surface area (Å²) in [6.45, 7) is 0.0965. The first-order chi connectivity index (χ1) is 12.6. The summed E-state index contributed by atoms with van der Waals surface area (Å²) in [5.74, 6) is 0.837. The Hall–Kier alpha value is -3.82. The van der Waals surface area contributed by atoms with Gasteiger partial charge in [0.1, 0.15) is 5.82 Å². The number of tetrazole rings is 1. The van der Waals surface area contributed by atoms with E-state index in [1.165, 1.54) is 0 Å². The lowest BCUT2D eigenvalue weighted by Crippen LogP contribution is -2.09. The maximum Gasteiger partial charge on any atom is 0.410 e. The highest BCUT2D eigenvalue weighted by molar-refractivity contribution is 5.88. The van der Waals surface area contributed by atoms with Gasteiger partial charge in [-0.2, -0.15) is 0 Å². The van der Waals surface area contributed by atoms with E-state index >= 15 is 0 Å². The predicted molar refractivity (Wildman–Crippen MR) is 92.5 cm³/mol. The van der Waals surface area contributed by atoms with Gasteiger partial charge in [-0.3, -0.25) is 5.32 Å². The van der Waals surface area contributed by atoms with Gasteiger partial charge in [-0.25, -0.2) is 14.5 Å². The van der Waals surface area contributed by atoms with Crippen LogP contribution in [0.4, 0.5) is 10.6 Å². The van der Waals surface area contributed by atoms with Crippen LogP contribution in [0.5, 0.6) is 0 Å². The van der Waals surface area contributed by atoms with Crippen LogP contribution in [0.15, 0.2) is 47.6 Å². The lowest BCUT2D eigenvalue weighted by Gasteiger charge is -2.04. The number of aryl methyl sites for hydroxylation is 1. The van der Waals surface area contributed by atoms with Crippen LogP contribution >= 0.6 is 0 Å². The first kappa shape index (κ1) is 17.0. The molecule has 0 aliphatic carbocycles. The van der Waals surface area contributed by atoms with Gasteiger partial charge in [0, 0.05) is 18.2 Å². The van der Waals surface area contributed by atoms with Crippen LogP contribution in [-0.4, -0.2) is 42.6 Å². The third kappa shape index (κ3) is 4.17. The molecule has 0 aliphatic rings. The highest BCUT2D eigenvalue weighted by Gasteiger charge is 2.09. The van der Waals surface area contributed by atoms with E-state index in [9.17, 15) is 4.79 Å². The number of amides is 1. The largest absolute Gasteiger partial charge is 0.465 e. The lowest BCUT2D eigenvalue weighted by atomic mass is 10.1. The molecule has 1 amide bonds. The average Bonchev–Trinajstić information content (AvgIpc) is 3.05. The molecule has 0 bridgehead atoms. The molecule has 3 aromatic rings. The number of nitrogens with zero attached hydrogens (tertiary/aromatic N) is 6. The normalized spacial score (nSPS) is 10.8.